The molecule has 0 bridgehead atoms. The molecule has 0 amide bonds. The van der Waals surface area contributed by atoms with Gasteiger partial charge in [-0.3, -0.25) is 4.68 Å². The predicted molar refractivity (Wildman–Crippen MR) is 92.7 cm³/mol. The highest BCUT2D eigenvalue weighted by Gasteiger charge is 2.33. The lowest BCUT2D eigenvalue weighted by atomic mass is 10.0. The molecule has 1 aromatic carbocycles. The van der Waals surface area contributed by atoms with Crippen molar-refractivity contribution in [2.75, 3.05) is 13.7 Å². The molecular formula is C19H23N3O3. The molecule has 6 nitrogen and oxygen atoms in total. The van der Waals surface area contributed by atoms with E-state index >= 15 is 0 Å². The van der Waals surface area contributed by atoms with Crippen molar-refractivity contribution in [1.82, 2.24) is 9.78 Å². The Morgan fingerprint density at radius 2 is 2.00 bits per heavy atom. The first-order valence-electron chi connectivity index (χ1n) is 8.47. The molecule has 132 valence electrons. The molecule has 2 aromatic rings. The van der Waals surface area contributed by atoms with Crippen LogP contribution >= 0.6 is 0 Å². The van der Waals surface area contributed by atoms with E-state index in [1.54, 1.807) is 11.8 Å². The number of hydrogen-bond donors (Lipinski definition) is 1. The Labute approximate surface area is 147 Å². The highest BCUT2D eigenvalue weighted by Crippen LogP contribution is 2.46. The summed E-state index contributed by atoms with van der Waals surface area (Å²) in [6, 6.07) is 5.93. The van der Waals surface area contributed by atoms with Gasteiger partial charge in [-0.1, -0.05) is 0 Å². The van der Waals surface area contributed by atoms with Gasteiger partial charge in [0, 0.05) is 13.0 Å². The molecule has 0 spiro atoms. The quantitative estimate of drug-likeness (QED) is 0.836. The average Bonchev–Trinajstić information content (AvgIpc) is 3.36. The van der Waals surface area contributed by atoms with Crippen LogP contribution in [0.25, 0.3) is 0 Å². The van der Waals surface area contributed by atoms with Gasteiger partial charge in [0.15, 0.2) is 5.75 Å². The van der Waals surface area contributed by atoms with Crippen molar-refractivity contribution >= 4 is 0 Å². The van der Waals surface area contributed by atoms with Crippen LogP contribution in [0.15, 0.2) is 12.1 Å². The number of aromatic nitrogens is 2. The maximum Gasteiger partial charge on any atom is 0.174 e. The lowest BCUT2D eigenvalue weighted by Gasteiger charge is -2.11. The van der Waals surface area contributed by atoms with Gasteiger partial charge in [0.2, 0.25) is 0 Å². The fourth-order valence-corrected chi connectivity index (χ4v) is 3.03. The van der Waals surface area contributed by atoms with Crippen LogP contribution in [0.2, 0.25) is 0 Å². The Balaban J connectivity index is 1.99. The maximum atomic E-state index is 9.86. The van der Waals surface area contributed by atoms with Crippen LogP contribution in [0.1, 0.15) is 46.8 Å². The van der Waals surface area contributed by atoms with Crippen LogP contribution in [-0.2, 0) is 17.9 Å². The summed E-state index contributed by atoms with van der Waals surface area (Å²) >= 11 is 0. The Kier molecular flexibility index (Phi) is 5.07. The summed E-state index contributed by atoms with van der Waals surface area (Å²) < 4.78 is 13.1. The number of aliphatic hydroxyl groups is 1. The molecule has 0 unspecified atom stereocenters. The molecule has 0 atom stereocenters. The van der Waals surface area contributed by atoms with E-state index in [0.29, 0.717) is 41.8 Å². The molecule has 6 heteroatoms. The summed E-state index contributed by atoms with van der Waals surface area (Å²) in [7, 11) is 1.64. The number of aliphatic hydroxyl groups excluding tert-OH is 1. The smallest absolute Gasteiger partial charge is 0.174 e. The highest BCUT2D eigenvalue weighted by atomic mass is 16.5. The predicted octanol–water partition coefficient (Wildman–Crippen LogP) is 3.18. The molecular weight excluding hydrogens is 318 g/mol. The van der Waals surface area contributed by atoms with Gasteiger partial charge >= 0.3 is 0 Å². The van der Waals surface area contributed by atoms with Crippen LogP contribution < -0.4 is 4.74 Å². The van der Waals surface area contributed by atoms with Crippen molar-refractivity contribution < 1.29 is 14.6 Å². The lowest BCUT2D eigenvalue weighted by Crippen LogP contribution is -2.10. The number of benzene rings is 1. The van der Waals surface area contributed by atoms with E-state index in [1.165, 1.54) is 0 Å². The highest BCUT2D eigenvalue weighted by molar-refractivity contribution is 5.50. The first-order chi connectivity index (χ1) is 12.1. The largest absolute Gasteiger partial charge is 0.453 e. The van der Waals surface area contributed by atoms with Gasteiger partial charge in [-0.2, -0.15) is 10.4 Å². The summed E-state index contributed by atoms with van der Waals surface area (Å²) in [5, 5.41) is 23.7. The van der Waals surface area contributed by atoms with Gasteiger partial charge in [-0.25, -0.2) is 0 Å². The fourth-order valence-electron chi connectivity index (χ4n) is 3.03. The second kappa shape index (κ2) is 7.26. The molecule has 1 saturated carbocycles. The van der Waals surface area contributed by atoms with Gasteiger partial charge in [0.05, 0.1) is 31.4 Å². The average molecular weight is 341 g/mol. The standard InChI is InChI=1S/C19H23N3O3/c1-12-8-15(9-13(2)16(12)10-20)25-19-17(11-23)22(6-7-24-3)21-18(19)14-4-5-14/h8-9,14,23H,4-7,11H2,1-3H3. The lowest BCUT2D eigenvalue weighted by molar-refractivity contribution is 0.178. The number of aryl methyl sites for hydroxylation is 2. The topological polar surface area (TPSA) is 80.3 Å². The summed E-state index contributed by atoms with van der Waals surface area (Å²) in [6.45, 7) is 4.74. The minimum absolute atomic E-state index is 0.146. The Bertz CT molecular complexity index is 793. The van der Waals surface area contributed by atoms with Gasteiger partial charge in [0.1, 0.15) is 17.1 Å². The van der Waals surface area contributed by atoms with E-state index in [9.17, 15) is 10.4 Å². The number of ether oxygens (including phenoxy) is 2. The number of rotatable bonds is 7. The van der Waals surface area contributed by atoms with E-state index in [2.05, 4.69) is 11.2 Å². The summed E-state index contributed by atoms with van der Waals surface area (Å²) in [5.41, 5.74) is 4.00. The van der Waals surface area contributed by atoms with E-state index in [1.807, 2.05) is 26.0 Å². The second-order valence-electron chi connectivity index (χ2n) is 6.46. The first-order valence-corrected chi connectivity index (χ1v) is 8.47. The molecule has 1 fully saturated rings. The van der Waals surface area contributed by atoms with Crippen LogP contribution in [0, 0.1) is 25.2 Å². The van der Waals surface area contributed by atoms with Gasteiger partial charge in [-0.15, -0.1) is 0 Å². The Hall–Kier alpha value is -2.36. The van der Waals surface area contributed by atoms with Crippen LogP contribution in [-0.4, -0.2) is 28.6 Å². The summed E-state index contributed by atoms with van der Waals surface area (Å²) in [6.07, 6.45) is 2.18. The van der Waals surface area contributed by atoms with Crippen molar-refractivity contribution in [3.8, 4) is 17.6 Å². The molecule has 1 aliphatic carbocycles. The van der Waals surface area contributed by atoms with E-state index < -0.39 is 0 Å². The molecule has 3 rings (SSSR count). The SMILES string of the molecule is COCCn1nc(C2CC2)c(Oc2cc(C)c(C#N)c(C)c2)c1CO. The molecule has 0 aliphatic heterocycles. The van der Waals surface area contributed by atoms with E-state index in [4.69, 9.17) is 9.47 Å². The van der Waals surface area contributed by atoms with Crippen LogP contribution in [0.3, 0.4) is 0 Å². The van der Waals surface area contributed by atoms with Crippen molar-refractivity contribution in [1.29, 1.82) is 5.26 Å². The van der Waals surface area contributed by atoms with Gasteiger partial charge in [0.25, 0.3) is 0 Å². The number of nitriles is 1. The molecule has 0 radical (unpaired) electrons. The van der Waals surface area contributed by atoms with Crippen LogP contribution in [0.4, 0.5) is 0 Å². The normalized spacial score (nSPS) is 13.7. The number of methoxy groups -OCH3 is 1. The van der Waals surface area contributed by atoms with E-state index in [0.717, 1.165) is 29.7 Å². The van der Waals surface area contributed by atoms with Gasteiger partial charge < -0.3 is 14.6 Å². The Morgan fingerprint density at radius 1 is 1.32 bits per heavy atom. The maximum absolute atomic E-state index is 9.86. The van der Waals surface area contributed by atoms with Crippen molar-refractivity contribution in [2.45, 2.75) is 45.8 Å². The van der Waals surface area contributed by atoms with Gasteiger partial charge in [-0.05, 0) is 49.9 Å². The minimum atomic E-state index is -0.146. The second-order valence-corrected chi connectivity index (χ2v) is 6.46. The number of hydrogen-bond acceptors (Lipinski definition) is 5. The minimum Gasteiger partial charge on any atom is -0.453 e. The molecule has 1 N–H and O–H groups in total. The van der Waals surface area contributed by atoms with Crippen LogP contribution in [0.5, 0.6) is 11.5 Å². The summed E-state index contributed by atoms with van der Waals surface area (Å²) in [4.78, 5) is 0. The monoisotopic (exact) mass is 341 g/mol. The summed E-state index contributed by atoms with van der Waals surface area (Å²) in [5.74, 6) is 1.70. The number of nitrogens with zero attached hydrogens (tertiary/aromatic N) is 3. The zero-order valence-corrected chi connectivity index (χ0v) is 14.9. The van der Waals surface area contributed by atoms with Crippen molar-refractivity contribution in [3.63, 3.8) is 0 Å². The molecule has 25 heavy (non-hydrogen) atoms. The molecule has 1 aliphatic rings. The third-order valence-corrected chi connectivity index (χ3v) is 4.49. The fraction of sp³-hybridized carbons (Fsp3) is 0.474. The molecule has 1 aromatic heterocycles. The molecule has 0 saturated heterocycles. The third kappa shape index (κ3) is 3.53. The molecule has 1 heterocycles. The third-order valence-electron chi connectivity index (χ3n) is 4.49. The first kappa shape index (κ1) is 17.5. The van der Waals surface area contributed by atoms with Crippen molar-refractivity contribution in [2.24, 2.45) is 0 Å². The van der Waals surface area contributed by atoms with E-state index in [-0.39, 0.29) is 6.61 Å². The zero-order chi connectivity index (χ0) is 18.0. The van der Waals surface area contributed by atoms with Crippen molar-refractivity contribution in [3.05, 3.63) is 40.2 Å². The Morgan fingerprint density at radius 3 is 2.52 bits per heavy atom. The zero-order valence-electron chi connectivity index (χ0n) is 14.9.